The van der Waals surface area contributed by atoms with Crippen LogP contribution in [0.4, 0.5) is 0 Å². The van der Waals surface area contributed by atoms with E-state index in [0.29, 0.717) is 5.02 Å². The van der Waals surface area contributed by atoms with Gasteiger partial charge in [0.25, 0.3) is 0 Å². The van der Waals surface area contributed by atoms with Gasteiger partial charge in [0.05, 0.1) is 6.61 Å². The molecule has 0 radical (unpaired) electrons. The van der Waals surface area contributed by atoms with Gasteiger partial charge in [-0.2, -0.15) is 0 Å². The summed E-state index contributed by atoms with van der Waals surface area (Å²) in [6, 6.07) is 6.49. The van der Waals surface area contributed by atoms with Gasteiger partial charge < -0.3 is 9.84 Å². The molecule has 1 unspecified atom stereocenters. The minimum atomic E-state index is -0.923. The van der Waals surface area contributed by atoms with E-state index in [-0.39, 0.29) is 12.6 Å². The normalized spacial score (nSPS) is 14.3. The molecule has 0 saturated heterocycles. The van der Waals surface area contributed by atoms with E-state index in [0.717, 1.165) is 5.56 Å². The maximum absolute atomic E-state index is 10.9. The molecule has 1 aromatic rings. The Bertz CT molecular complexity index is 367. The first kappa shape index (κ1) is 14.0. The number of carboxylic acid groups (broad SMARTS) is 1. The molecule has 2 N–H and O–H groups in total. The average molecular weight is 258 g/mol. The molecule has 5 heteroatoms. The highest BCUT2D eigenvalue weighted by molar-refractivity contribution is 6.30. The molecule has 0 aliphatic carbocycles. The molecule has 2 atom stereocenters. The Morgan fingerprint density at radius 2 is 2.06 bits per heavy atom. The lowest BCUT2D eigenvalue weighted by atomic mass is 10.1. The summed E-state index contributed by atoms with van der Waals surface area (Å²) in [6.45, 7) is 2.03. The van der Waals surface area contributed by atoms with Crippen LogP contribution in [0.1, 0.15) is 18.5 Å². The van der Waals surface area contributed by atoms with Crippen molar-refractivity contribution in [2.45, 2.75) is 19.0 Å². The van der Waals surface area contributed by atoms with Gasteiger partial charge in [0.15, 0.2) is 0 Å². The summed E-state index contributed by atoms with van der Waals surface area (Å²) in [4.78, 5) is 10.9. The second-order valence-corrected chi connectivity index (χ2v) is 4.22. The molecule has 0 heterocycles. The number of hydrogen-bond donors (Lipinski definition) is 2. The highest BCUT2D eigenvalue weighted by Gasteiger charge is 2.19. The third-order valence-corrected chi connectivity index (χ3v) is 2.70. The van der Waals surface area contributed by atoms with Gasteiger partial charge in [-0.1, -0.05) is 23.7 Å². The van der Waals surface area contributed by atoms with E-state index < -0.39 is 12.0 Å². The Kier molecular flexibility index (Phi) is 5.41. The molecule has 0 bridgehead atoms. The lowest BCUT2D eigenvalue weighted by Crippen LogP contribution is -2.41. The number of nitrogens with one attached hydrogen (secondary N) is 1. The zero-order valence-electron chi connectivity index (χ0n) is 9.81. The molecular formula is C12H16ClNO3. The van der Waals surface area contributed by atoms with Crippen LogP contribution in [0, 0.1) is 0 Å². The summed E-state index contributed by atoms with van der Waals surface area (Å²) in [5.41, 5.74) is 0.983. The van der Waals surface area contributed by atoms with Crippen LogP contribution in [0.3, 0.4) is 0 Å². The predicted octanol–water partition coefficient (Wildman–Crippen LogP) is 2.09. The zero-order valence-corrected chi connectivity index (χ0v) is 10.6. The topological polar surface area (TPSA) is 58.6 Å². The minimum absolute atomic E-state index is 0.0801. The first-order valence-corrected chi connectivity index (χ1v) is 5.65. The number of halogens is 1. The quantitative estimate of drug-likeness (QED) is 0.819. The number of methoxy groups -OCH3 is 1. The van der Waals surface area contributed by atoms with E-state index in [1.807, 2.05) is 19.1 Å². The number of benzene rings is 1. The first-order valence-electron chi connectivity index (χ1n) is 5.28. The van der Waals surface area contributed by atoms with Gasteiger partial charge in [-0.3, -0.25) is 10.1 Å². The lowest BCUT2D eigenvalue weighted by Gasteiger charge is -2.19. The Labute approximate surface area is 106 Å². The second kappa shape index (κ2) is 6.59. The monoisotopic (exact) mass is 257 g/mol. The Hall–Kier alpha value is -1.10. The molecule has 0 fully saturated rings. The van der Waals surface area contributed by atoms with Crippen LogP contribution in [0.5, 0.6) is 0 Å². The second-order valence-electron chi connectivity index (χ2n) is 3.79. The fourth-order valence-corrected chi connectivity index (χ4v) is 1.63. The van der Waals surface area contributed by atoms with Crippen molar-refractivity contribution in [2.75, 3.05) is 13.7 Å². The van der Waals surface area contributed by atoms with Crippen molar-refractivity contribution in [2.24, 2.45) is 0 Å². The standard InChI is InChI=1S/C12H16ClNO3/c1-8(9-3-5-10(13)6-4-9)14-11(7-17-2)12(15)16/h3-6,8,11,14H,7H2,1-2H3,(H,15,16)/t8-,11?/m1/s1. The molecule has 17 heavy (non-hydrogen) atoms. The fraction of sp³-hybridized carbons (Fsp3) is 0.417. The van der Waals surface area contributed by atoms with Gasteiger partial charge in [-0.05, 0) is 24.6 Å². The first-order chi connectivity index (χ1) is 8.04. The number of carboxylic acids is 1. The highest BCUT2D eigenvalue weighted by Crippen LogP contribution is 2.16. The summed E-state index contributed by atoms with van der Waals surface area (Å²) in [5.74, 6) is -0.923. The molecule has 1 aromatic carbocycles. The molecule has 0 aliphatic rings. The van der Waals surface area contributed by atoms with Crippen LogP contribution in [0.15, 0.2) is 24.3 Å². The van der Waals surface area contributed by atoms with Crippen LogP contribution in [-0.4, -0.2) is 30.8 Å². The molecule has 0 aromatic heterocycles. The Morgan fingerprint density at radius 3 is 2.53 bits per heavy atom. The van der Waals surface area contributed by atoms with Gasteiger partial charge in [0.1, 0.15) is 6.04 Å². The maximum atomic E-state index is 10.9. The summed E-state index contributed by atoms with van der Waals surface area (Å²) in [7, 11) is 1.48. The third kappa shape index (κ3) is 4.34. The number of rotatable bonds is 6. The van der Waals surface area contributed by atoms with E-state index in [1.165, 1.54) is 7.11 Å². The van der Waals surface area contributed by atoms with E-state index in [1.54, 1.807) is 12.1 Å². The van der Waals surface area contributed by atoms with E-state index in [4.69, 9.17) is 21.4 Å². The van der Waals surface area contributed by atoms with Crippen LogP contribution >= 0.6 is 11.6 Å². The molecule has 0 amide bonds. The number of carbonyl (C=O) groups is 1. The van der Waals surface area contributed by atoms with E-state index in [2.05, 4.69) is 5.32 Å². The van der Waals surface area contributed by atoms with Crippen LogP contribution in [0.2, 0.25) is 5.02 Å². The van der Waals surface area contributed by atoms with Crippen molar-refractivity contribution >= 4 is 17.6 Å². The SMILES string of the molecule is COCC(N[C@H](C)c1ccc(Cl)cc1)C(=O)O. The zero-order chi connectivity index (χ0) is 12.8. The fourth-order valence-electron chi connectivity index (χ4n) is 1.51. The van der Waals surface area contributed by atoms with Crippen molar-refractivity contribution in [1.29, 1.82) is 0 Å². The number of aliphatic carboxylic acids is 1. The molecular weight excluding hydrogens is 242 g/mol. The predicted molar refractivity (Wildman–Crippen MR) is 66.3 cm³/mol. The summed E-state index contributed by atoms with van der Waals surface area (Å²) in [6.07, 6.45) is 0. The molecule has 4 nitrogen and oxygen atoms in total. The summed E-state index contributed by atoms with van der Waals surface area (Å²) < 4.78 is 4.86. The van der Waals surface area contributed by atoms with Crippen molar-refractivity contribution in [1.82, 2.24) is 5.32 Å². The van der Waals surface area contributed by atoms with Crippen molar-refractivity contribution in [3.05, 3.63) is 34.9 Å². The van der Waals surface area contributed by atoms with Gasteiger partial charge in [-0.25, -0.2) is 0 Å². The maximum Gasteiger partial charge on any atom is 0.323 e. The van der Waals surface area contributed by atoms with Crippen molar-refractivity contribution < 1.29 is 14.6 Å². The summed E-state index contributed by atoms with van der Waals surface area (Å²) in [5, 5.41) is 12.6. The summed E-state index contributed by atoms with van der Waals surface area (Å²) >= 11 is 5.79. The largest absolute Gasteiger partial charge is 0.480 e. The third-order valence-electron chi connectivity index (χ3n) is 2.45. The minimum Gasteiger partial charge on any atom is -0.480 e. The van der Waals surface area contributed by atoms with E-state index >= 15 is 0 Å². The van der Waals surface area contributed by atoms with E-state index in [9.17, 15) is 4.79 Å². The molecule has 1 rings (SSSR count). The van der Waals surface area contributed by atoms with Gasteiger partial charge in [0.2, 0.25) is 0 Å². The van der Waals surface area contributed by atoms with Crippen LogP contribution in [0.25, 0.3) is 0 Å². The Morgan fingerprint density at radius 1 is 1.47 bits per heavy atom. The van der Waals surface area contributed by atoms with Crippen LogP contribution < -0.4 is 5.32 Å². The molecule has 94 valence electrons. The number of hydrogen-bond acceptors (Lipinski definition) is 3. The Balaban J connectivity index is 2.66. The smallest absolute Gasteiger partial charge is 0.323 e. The van der Waals surface area contributed by atoms with Crippen molar-refractivity contribution in [3.8, 4) is 0 Å². The lowest BCUT2D eigenvalue weighted by molar-refractivity contribution is -0.141. The molecule has 0 spiro atoms. The highest BCUT2D eigenvalue weighted by atomic mass is 35.5. The van der Waals surface area contributed by atoms with Crippen molar-refractivity contribution in [3.63, 3.8) is 0 Å². The van der Waals surface area contributed by atoms with Crippen LogP contribution in [-0.2, 0) is 9.53 Å². The number of ether oxygens (including phenoxy) is 1. The van der Waals surface area contributed by atoms with Gasteiger partial charge in [-0.15, -0.1) is 0 Å². The average Bonchev–Trinajstić information content (AvgIpc) is 2.29. The van der Waals surface area contributed by atoms with Gasteiger partial charge >= 0.3 is 5.97 Å². The van der Waals surface area contributed by atoms with Gasteiger partial charge in [0, 0.05) is 18.2 Å². The molecule has 0 aliphatic heterocycles. The molecule has 0 saturated carbocycles.